The van der Waals surface area contributed by atoms with Crippen molar-refractivity contribution in [1.29, 1.82) is 0 Å². The van der Waals surface area contributed by atoms with E-state index in [9.17, 15) is 0 Å². The molecule has 0 atom stereocenters. The van der Waals surface area contributed by atoms with Crippen LogP contribution in [0.1, 0.15) is 282 Å². The fourth-order valence-corrected chi connectivity index (χ4v) is 36.5. The zero-order chi connectivity index (χ0) is 92.4. The summed E-state index contributed by atoms with van der Waals surface area (Å²) in [5, 5.41) is 23.8. The summed E-state index contributed by atoms with van der Waals surface area (Å²) in [6.45, 7) is 21.8. The maximum absolute atomic E-state index is 16.6. The van der Waals surface area contributed by atoms with Crippen molar-refractivity contribution < 1.29 is 36.5 Å². The summed E-state index contributed by atoms with van der Waals surface area (Å²) in [5.74, 6) is 0.651. The van der Waals surface area contributed by atoms with Gasteiger partial charge in [-0.05, 0) is 132 Å². The third-order valence-corrected chi connectivity index (χ3v) is 52.9. The third kappa shape index (κ3) is 27.7. The van der Waals surface area contributed by atoms with Gasteiger partial charge in [-0.1, -0.05) is 170 Å². The molecule has 0 radical (unpaired) electrons. The molecule has 0 saturated carbocycles. The molecule has 0 bridgehead atoms. The SMILES string of the molecule is CCCCCCCCOc1c2c[c]([Sn]([CH3])([CH3])[CH3])sc2c(OCCCCCCCC)c2c[c]([Sn]([CH3])([CH3])[CH3])sc12.CCCCCCCCOc1c2cc(-c3ccc(-c4c(F)c(F)c(-c5ccc(C)s5)c5nn(CCCCCCCC)nc45)s3)sc2c(OCCCCCCCC)c2cc(C)sc12.CCCCCCCCn1nc2c(-c3ccc(Br)s3)c(F)c(F)c(-c3ccc(Br)s3)c2n1. The van der Waals surface area contributed by atoms with Crippen LogP contribution >= 0.6 is 123 Å². The molecule has 10 heterocycles. The molecule has 0 unspecified atom stereocenters. The first kappa shape index (κ1) is 105. The summed E-state index contributed by atoms with van der Waals surface area (Å²) < 4.78 is 101. The molecule has 4 aromatic carbocycles. The van der Waals surface area contributed by atoms with Gasteiger partial charge in [0.1, 0.15) is 33.6 Å². The number of hydrogen-bond acceptors (Lipinski definition) is 16. The summed E-state index contributed by atoms with van der Waals surface area (Å²) in [4.78, 5) is 25.3. The molecule has 10 aromatic heterocycles. The fraction of sp³-hybridized carbons (Fsp3) is 0.538. The number of nitrogens with zero attached hydrogens (tertiary/aromatic N) is 6. The van der Waals surface area contributed by atoms with Gasteiger partial charge in [0.15, 0.2) is 23.3 Å². The van der Waals surface area contributed by atoms with Crippen LogP contribution in [0.2, 0.25) is 29.6 Å². The average molecular weight is 2270 g/mol. The van der Waals surface area contributed by atoms with E-state index >= 15 is 17.6 Å². The first-order chi connectivity index (χ1) is 62.9. The maximum Gasteiger partial charge on any atom is 0.170 e. The Morgan fingerprint density at radius 3 is 0.885 bits per heavy atom. The van der Waals surface area contributed by atoms with Crippen LogP contribution < -0.4 is 24.7 Å². The van der Waals surface area contributed by atoms with Gasteiger partial charge in [-0.3, -0.25) is 0 Å². The molecule has 0 aliphatic heterocycles. The van der Waals surface area contributed by atoms with Gasteiger partial charge < -0.3 is 9.47 Å². The van der Waals surface area contributed by atoms with Gasteiger partial charge >= 0.3 is 238 Å². The van der Waals surface area contributed by atoms with Crippen LogP contribution in [-0.2, 0) is 13.1 Å². The van der Waals surface area contributed by atoms with Crippen LogP contribution in [0, 0.1) is 37.1 Å². The number of aromatic nitrogens is 6. The minimum absolute atomic E-state index is 0.178. The number of unbranched alkanes of at least 4 members (excludes halogenated alkanes) is 30. The first-order valence-corrected chi connectivity index (χ1v) is 76.7. The van der Waals surface area contributed by atoms with E-state index in [1.807, 2.05) is 66.0 Å². The largest absolute Gasteiger partial charge is 0.491 e. The van der Waals surface area contributed by atoms with E-state index in [1.165, 1.54) is 231 Å². The van der Waals surface area contributed by atoms with Crippen molar-refractivity contribution in [2.45, 2.75) is 329 Å². The molecule has 706 valence electrons. The van der Waals surface area contributed by atoms with Crippen LogP contribution in [0.4, 0.5) is 17.6 Å². The Balaban J connectivity index is 0.000000190. The van der Waals surface area contributed by atoms with E-state index in [2.05, 4.69) is 144 Å². The molecule has 0 saturated heterocycles. The number of halogens is 6. The molecule has 10 nitrogen and oxygen atoms in total. The van der Waals surface area contributed by atoms with Gasteiger partial charge in [-0.15, -0.1) is 68.0 Å². The van der Waals surface area contributed by atoms with Crippen molar-refractivity contribution in [1.82, 2.24) is 30.0 Å². The second-order valence-electron chi connectivity index (χ2n) is 37.0. The molecule has 14 aromatic rings. The van der Waals surface area contributed by atoms with Crippen molar-refractivity contribution in [3.8, 4) is 74.5 Å². The van der Waals surface area contributed by atoms with E-state index in [0.29, 0.717) is 67.9 Å². The van der Waals surface area contributed by atoms with Crippen molar-refractivity contribution in [3.63, 3.8) is 0 Å². The summed E-state index contributed by atoms with van der Waals surface area (Å²) in [7, 11) is 0. The molecule has 14 rings (SSSR count). The average Bonchev–Trinajstić information content (AvgIpc) is 1.59. The van der Waals surface area contributed by atoms with Crippen molar-refractivity contribution >= 4 is 228 Å². The zero-order valence-electron chi connectivity index (χ0n) is 79.5. The number of benzene rings is 4. The second kappa shape index (κ2) is 52.0. The summed E-state index contributed by atoms with van der Waals surface area (Å²) >= 11 is 15.4. The van der Waals surface area contributed by atoms with E-state index in [0.717, 1.165) is 149 Å². The van der Waals surface area contributed by atoms with E-state index in [4.69, 9.17) is 29.1 Å². The number of ether oxygens (including phenoxy) is 4. The quantitative estimate of drug-likeness (QED) is 0.0211. The van der Waals surface area contributed by atoms with E-state index in [-0.39, 0.29) is 22.3 Å². The van der Waals surface area contributed by atoms with Gasteiger partial charge in [0.2, 0.25) is 0 Å². The Morgan fingerprint density at radius 2 is 0.562 bits per heavy atom. The Labute approximate surface area is 828 Å². The minimum Gasteiger partial charge on any atom is -0.491 e. The number of thiophene rings is 8. The van der Waals surface area contributed by atoms with Crippen LogP contribution in [0.25, 0.3) is 114 Å². The molecule has 0 fully saturated rings. The molecule has 130 heavy (non-hydrogen) atoms. The van der Waals surface area contributed by atoms with Gasteiger partial charge in [0.25, 0.3) is 0 Å². The minimum atomic E-state index is -2.25. The maximum atomic E-state index is 16.6. The topological polar surface area (TPSA) is 98.3 Å². The number of hydrogen-bond donors (Lipinski definition) is 0. The van der Waals surface area contributed by atoms with Crippen LogP contribution in [0.15, 0.2) is 80.4 Å². The van der Waals surface area contributed by atoms with Crippen molar-refractivity contribution in [2.75, 3.05) is 26.4 Å². The fourth-order valence-electron chi connectivity index (χ4n) is 16.6. The van der Waals surface area contributed by atoms with E-state index < -0.39 is 60.0 Å². The second-order valence-corrected chi connectivity index (χ2v) is 79.5. The first-order valence-electron chi connectivity index (χ1n) is 48.6. The van der Waals surface area contributed by atoms with Crippen LogP contribution in [-0.4, -0.2) is 93.2 Å². The van der Waals surface area contributed by atoms with Gasteiger partial charge in [0.05, 0.1) is 65.5 Å². The van der Waals surface area contributed by atoms with Crippen molar-refractivity contribution in [3.05, 3.63) is 113 Å². The van der Waals surface area contributed by atoms with Crippen LogP contribution in [0.3, 0.4) is 0 Å². The predicted octanol–water partition coefficient (Wildman–Crippen LogP) is 37.5. The summed E-state index contributed by atoms with van der Waals surface area (Å²) in [6, 6.07) is 24.4. The molecule has 0 spiro atoms. The third-order valence-electron chi connectivity index (χ3n) is 24.0. The Morgan fingerprint density at radius 1 is 0.285 bits per heavy atom. The van der Waals surface area contributed by atoms with Gasteiger partial charge in [0, 0.05) is 49.8 Å². The number of rotatable bonds is 53. The summed E-state index contributed by atoms with van der Waals surface area (Å²) in [5.41, 5.74) is 2.35. The Bertz CT molecular complexity index is 5620. The predicted molar refractivity (Wildman–Crippen MR) is 575 cm³/mol. The smallest absolute Gasteiger partial charge is 0.170 e. The number of aryl methyl sites for hydroxylation is 4. The van der Waals surface area contributed by atoms with E-state index in [1.54, 1.807) is 50.2 Å². The van der Waals surface area contributed by atoms with Crippen molar-refractivity contribution in [2.24, 2.45) is 0 Å². The monoisotopic (exact) mass is 2260 g/mol. The molecule has 0 aliphatic rings. The van der Waals surface area contributed by atoms with Crippen LogP contribution in [0.5, 0.6) is 23.0 Å². The molecular formula is C104H138Br2F4N6O4S8Sn2. The molecule has 0 aliphatic carbocycles. The number of fused-ring (bicyclic) bond motifs is 6. The standard InChI is InChI=1S/C50H63F2N3O2S4.C26H36O2S2.C22H21Br2F2N3S2.6CH3.2Sn/c1-6-9-12-15-18-21-28-55-53-45-41(38-25-24-33(4)58-38)43(51)44(52)42(46(45)54-55)39-27-26-37(60-39)40-32-36-48(57-30-23-20-17-14-11-8-3)49-35(31-34(5)59-49)47(50(36)61-40)56-29-22-19-16-13-10-7-2;1-3-5-7-9-11-13-17-27-23-21-15-19-30-26(21)24(22-16-20-29-25(22)23)28-18-14-12-10-8-6-4-2;1-2-3-4-5-6-7-12-29-27-21-17(13-8-10-15(23)30-13)19(25)20(26)18(22(21)28-29)14-9-11-16(24)31-14;;;;;;;;/h24-27,31-32H,6-23,28-30H2,1-5H3;15-16H,3-14,17-18H2,1-2H3;8-11H,2-7,12H2,1H3;6*1H3;;. The van der Waals surface area contributed by atoms with Gasteiger partial charge in [-0.2, -0.15) is 30.0 Å². The molecule has 0 N–H and O–H groups in total. The normalized spacial score (nSPS) is 12.1. The molecule has 26 heteroatoms. The zero-order valence-corrected chi connectivity index (χ0v) is 94.9. The molecule has 0 amide bonds. The molecular weight excluding hydrogens is 2130 g/mol. The summed E-state index contributed by atoms with van der Waals surface area (Å²) in [6.07, 6.45) is 43.7. The van der Waals surface area contributed by atoms with Gasteiger partial charge in [-0.25, -0.2) is 17.6 Å². The Hall–Kier alpha value is -4.20. The Kier molecular flexibility index (Phi) is 41.9.